The van der Waals surface area contributed by atoms with Crippen LogP contribution in [0.25, 0.3) is 0 Å². The summed E-state index contributed by atoms with van der Waals surface area (Å²) in [6, 6.07) is 0. The number of hydrogen-bond donors (Lipinski definition) is 0. The van der Waals surface area contributed by atoms with E-state index in [2.05, 4.69) is 6.92 Å². The van der Waals surface area contributed by atoms with Gasteiger partial charge < -0.3 is 0 Å². The van der Waals surface area contributed by atoms with Crippen LogP contribution in [-0.4, -0.2) is 11.3 Å². The van der Waals surface area contributed by atoms with Crippen molar-refractivity contribution >= 4 is 11.8 Å². The zero-order valence-electron chi connectivity index (χ0n) is 6.90. The molecule has 0 aromatic carbocycles. The van der Waals surface area contributed by atoms with Crippen molar-refractivity contribution in [3.05, 3.63) is 0 Å². The quantitative estimate of drug-likeness (QED) is 0.540. The summed E-state index contributed by atoms with van der Waals surface area (Å²) in [5, 5.41) is 0. The van der Waals surface area contributed by atoms with Gasteiger partial charge in [-0.2, -0.15) is 0 Å². The lowest BCUT2D eigenvalue weighted by molar-refractivity contribution is 0.426. The molecule has 1 unspecified atom stereocenters. The van der Waals surface area contributed by atoms with Gasteiger partial charge in [0.05, 0.1) is 0 Å². The van der Waals surface area contributed by atoms with Gasteiger partial charge >= 0.3 is 0 Å². The molecular formula is C8H17FS. The van der Waals surface area contributed by atoms with Crippen LogP contribution >= 0.6 is 11.8 Å². The topological polar surface area (TPSA) is 0 Å². The van der Waals surface area contributed by atoms with E-state index >= 15 is 0 Å². The van der Waals surface area contributed by atoms with Crippen molar-refractivity contribution in [1.82, 2.24) is 0 Å². The SMILES string of the molecule is CCCCSC(F)CCC. The fraction of sp³-hybridized carbons (Fsp3) is 1.00. The van der Waals surface area contributed by atoms with Gasteiger partial charge in [0.15, 0.2) is 0 Å². The Labute approximate surface area is 67.6 Å². The Bertz CT molecular complexity index is 66.3. The van der Waals surface area contributed by atoms with Gasteiger partial charge in [0.2, 0.25) is 0 Å². The maximum atomic E-state index is 12.7. The molecule has 0 bridgehead atoms. The lowest BCUT2D eigenvalue weighted by Gasteiger charge is -2.04. The van der Waals surface area contributed by atoms with Crippen LogP contribution in [0.15, 0.2) is 0 Å². The number of unbranched alkanes of at least 4 members (excludes halogenated alkanes) is 1. The summed E-state index contributed by atoms with van der Waals surface area (Å²) in [6.45, 7) is 4.15. The van der Waals surface area contributed by atoms with Crippen LogP contribution < -0.4 is 0 Å². The monoisotopic (exact) mass is 164 g/mol. The molecule has 0 rings (SSSR count). The Morgan fingerprint density at radius 1 is 1.30 bits per heavy atom. The summed E-state index contributed by atoms with van der Waals surface area (Å²) in [7, 11) is 0. The first-order chi connectivity index (χ1) is 4.81. The van der Waals surface area contributed by atoms with E-state index in [1.165, 1.54) is 18.2 Å². The van der Waals surface area contributed by atoms with Gasteiger partial charge in [0, 0.05) is 0 Å². The third kappa shape index (κ3) is 6.40. The van der Waals surface area contributed by atoms with Crippen molar-refractivity contribution in [3.8, 4) is 0 Å². The number of halogens is 1. The zero-order valence-corrected chi connectivity index (χ0v) is 7.72. The molecule has 0 aliphatic heterocycles. The van der Waals surface area contributed by atoms with Crippen molar-refractivity contribution in [2.24, 2.45) is 0 Å². The number of hydrogen-bond acceptors (Lipinski definition) is 1. The Morgan fingerprint density at radius 3 is 2.50 bits per heavy atom. The summed E-state index contributed by atoms with van der Waals surface area (Å²) in [5.41, 5.74) is -0.614. The summed E-state index contributed by atoms with van der Waals surface area (Å²) < 4.78 is 12.7. The molecular weight excluding hydrogens is 147 g/mol. The second-order valence-electron chi connectivity index (χ2n) is 2.42. The second-order valence-corrected chi connectivity index (χ2v) is 3.68. The summed E-state index contributed by atoms with van der Waals surface area (Å²) >= 11 is 1.46. The molecule has 0 spiro atoms. The first kappa shape index (κ1) is 10.3. The highest BCUT2D eigenvalue weighted by molar-refractivity contribution is 7.99. The molecule has 1 atom stereocenters. The molecule has 0 aromatic rings. The minimum Gasteiger partial charge on any atom is -0.236 e. The number of thioether (sulfide) groups is 1. The van der Waals surface area contributed by atoms with E-state index in [0.717, 1.165) is 18.6 Å². The first-order valence-corrected chi connectivity index (χ1v) is 5.11. The average molecular weight is 164 g/mol. The van der Waals surface area contributed by atoms with E-state index in [1.807, 2.05) is 6.92 Å². The van der Waals surface area contributed by atoms with Crippen LogP contribution in [0, 0.1) is 0 Å². The third-order valence-corrected chi connectivity index (χ3v) is 2.43. The Balaban J connectivity index is 2.97. The van der Waals surface area contributed by atoms with Crippen LogP contribution in [0.2, 0.25) is 0 Å². The molecule has 0 aromatic heterocycles. The Hall–Kier alpha value is 0.280. The van der Waals surface area contributed by atoms with Crippen molar-refractivity contribution in [3.63, 3.8) is 0 Å². The molecule has 0 radical (unpaired) electrons. The molecule has 0 saturated heterocycles. The molecule has 0 saturated carbocycles. The molecule has 0 nitrogen and oxygen atoms in total. The van der Waals surface area contributed by atoms with Gasteiger partial charge in [-0.3, -0.25) is 0 Å². The molecule has 0 N–H and O–H groups in total. The lowest BCUT2D eigenvalue weighted by Crippen LogP contribution is -1.93. The van der Waals surface area contributed by atoms with Gasteiger partial charge in [-0.15, -0.1) is 11.8 Å². The minimum atomic E-state index is -0.614. The summed E-state index contributed by atoms with van der Waals surface area (Å²) in [6.07, 6.45) is 4.00. The van der Waals surface area contributed by atoms with E-state index in [1.54, 1.807) is 0 Å². The zero-order chi connectivity index (χ0) is 7.82. The minimum absolute atomic E-state index is 0.614. The van der Waals surface area contributed by atoms with Crippen LogP contribution in [0.1, 0.15) is 39.5 Å². The van der Waals surface area contributed by atoms with Gasteiger partial charge in [-0.25, -0.2) is 4.39 Å². The van der Waals surface area contributed by atoms with Gasteiger partial charge in [0.25, 0.3) is 0 Å². The maximum absolute atomic E-state index is 12.7. The molecule has 10 heavy (non-hydrogen) atoms. The van der Waals surface area contributed by atoms with Gasteiger partial charge in [-0.05, 0) is 18.6 Å². The van der Waals surface area contributed by atoms with Crippen molar-refractivity contribution in [1.29, 1.82) is 0 Å². The van der Waals surface area contributed by atoms with E-state index in [0.29, 0.717) is 6.42 Å². The second kappa shape index (κ2) is 7.39. The molecule has 0 fully saturated rings. The van der Waals surface area contributed by atoms with Crippen LogP contribution in [-0.2, 0) is 0 Å². The molecule has 0 aliphatic rings. The number of rotatable bonds is 6. The summed E-state index contributed by atoms with van der Waals surface area (Å²) in [4.78, 5) is 0. The normalized spacial score (nSPS) is 13.5. The fourth-order valence-corrected chi connectivity index (χ4v) is 1.78. The molecule has 0 amide bonds. The van der Waals surface area contributed by atoms with E-state index in [4.69, 9.17) is 0 Å². The molecule has 0 aliphatic carbocycles. The highest BCUT2D eigenvalue weighted by Gasteiger charge is 2.02. The first-order valence-electron chi connectivity index (χ1n) is 4.07. The molecule has 0 heterocycles. The smallest absolute Gasteiger partial charge is 0.145 e. The Kier molecular flexibility index (Phi) is 7.59. The van der Waals surface area contributed by atoms with Crippen molar-refractivity contribution in [2.75, 3.05) is 5.75 Å². The van der Waals surface area contributed by atoms with Gasteiger partial charge in [-0.1, -0.05) is 26.7 Å². The lowest BCUT2D eigenvalue weighted by atomic mass is 10.4. The van der Waals surface area contributed by atoms with E-state index in [-0.39, 0.29) is 0 Å². The Morgan fingerprint density at radius 2 is 2.00 bits per heavy atom. The number of alkyl halides is 1. The average Bonchev–Trinajstić information content (AvgIpc) is 1.89. The third-order valence-electron chi connectivity index (χ3n) is 1.31. The van der Waals surface area contributed by atoms with Crippen LogP contribution in [0.5, 0.6) is 0 Å². The maximum Gasteiger partial charge on any atom is 0.145 e. The largest absolute Gasteiger partial charge is 0.236 e. The molecule has 2 heteroatoms. The van der Waals surface area contributed by atoms with E-state index < -0.39 is 5.50 Å². The highest BCUT2D eigenvalue weighted by Crippen LogP contribution is 2.18. The van der Waals surface area contributed by atoms with Crippen molar-refractivity contribution in [2.45, 2.75) is 45.0 Å². The van der Waals surface area contributed by atoms with E-state index in [9.17, 15) is 4.39 Å². The van der Waals surface area contributed by atoms with Crippen LogP contribution in [0.4, 0.5) is 4.39 Å². The van der Waals surface area contributed by atoms with Gasteiger partial charge in [0.1, 0.15) is 5.50 Å². The standard InChI is InChI=1S/C8H17FS/c1-3-5-7-10-8(9)6-4-2/h8H,3-7H2,1-2H3. The summed E-state index contributed by atoms with van der Waals surface area (Å²) in [5.74, 6) is 0.984. The molecule has 62 valence electrons. The van der Waals surface area contributed by atoms with Crippen molar-refractivity contribution < 1.29 is 4.39 Å². The highest BCUT2D eigenvalue weighted by atomic mass is 32.2. The predicted molar refractivity (Wildman–Crippen MR) is 47.2 cm³/mol. The van der Waals surface area contributed by atoms with Crippen LogP contribution in [0.3, 0.4) is 0 Å². The predicted octanol–water partition coefficient (Wildman–Crippen LogP) is 3.62. The fourth-order valence-electron chi connectivity index (χ4n) is 0.666.